The van der Waals surface area contributed by atoms with E-state index in [0.29, 0.717) is 16.9 Å². The van der Waals surface area contributed by atoms with E-state index in [-0.39, 0.29) is 23.6 Å². The maximum atomic E-state index is 13.8. The molecule has 6 nitrogen and oxygen atoms in total. The van der Waals surface area contributed by atoms with Gasteiger partial charge in [0.15, 0.2) is 17.3 Å². The zero-order valence-electron chi connectivity index (χ0n) is 16.4. The van der Waals surface area contributed by atoms with Gasteiger partial charge in [-0.05, 0) is 42.0 Å². The zero-order chi connectivity index (χ0) is 22.4. The minimum atomic E-state index is -0.829. The van der Waals surface area contributed by atoms with Crippen LogP contribution in [0.15, 0.2) is 66.7 Å². The van der Waals surface area contributed by atoms with Crippen LogP contribution in [0.4, 0.5) is 14.5 Å². The highest BCUT2D eigenvalue weighted by atomic mass is 19.1. The van der Waals surface area contributed by atoms with E-state index in [1.807, 2.05) is 0 Å². The first-order valence-electron chi connectivity index (χ1n) is 9.09. The van der Waals surface area contributed by atoms with Crippen molar-refractivity contribution in [3.63, 3.8) is 0 Å². The van der Waals surface area contributed by atoms with E-state index in [1.54, 1.807) is 24.3 Å². The van der Waals surface area contributed by atoms with E-state index < -0.39 is 22.3 Å². The summed E-state index contributed by atoms with van der Waals surface area (Å²) in [4.78, 5) is 22.9. The second-order valence-corrected chi connectivity index (χ2v) is 6.41. The Labute approximate surface area is 176 Å². The van der Waals surface area contributed by atoms with Crippen LogP contribution in [0.25, 0.3) is 6.08 Å². The molecule has 0 heterocycles. The van der Waals surface area contributed by atoms with Crippen LogP contribution in [0.3, 0.4) is 0 Å². The Kier molecular flexibility index (Phi) is 6.71. The SMILES string of the molecule is COc1ccc(/C=C/C(=O)c2ccccc2[N+](=O)[O-])cc1COc1ccc(F)cc1F. The van der Waals surface area contributed by atoms with E-state index in [2.05, 4.69) is 0 Å². The number of allylic oxidation sites excluding steroid dienone is 1. The molecule has 0 aliphatic heterocycles. The zero-order valence-corrected chi connectivity index (χ0v) is 16.4. The van der Waals surface area contributed by atoms with Gasteiger partial charge in [-0.15, -0.1) is 0 Å². The maximum Gasteiger partial charge on any atom is 0.280 e. The summed E-state index contributed by atoms with van der Waals surface area (Å²) in [7, 11) is 1.46. The second kappa shape index (κ2) is 9.62. The lowest BCUT2D eigenvalue weighted by atomic mass is 10.1. The van der Waals surface area contributed by atoms with Crippen LogP contribution >= 0.6 is 0 Å². The van der Waals surface area contributed by atoms with Crippen LogP contribution < -0.4 is 9.47 Å². The Bertz CT molecular complexity index is 1160. The molecule has 0 radical (unpaired) electrons. The molecule has 0 unspecified atom stereocenters. The van der Waals surface area contributed by atoms with Crippen molar-refractivity contribution in [3.8, 4) is 11.5 Å². The summed E-state index contributed by atoms with van der Waals surface area (Å²) < 4.78 is 37.5. The van der Waals surface area contributed by atoms with Crippen LogP contribution in [0, 0.1) is 21.7 Å². The van der Waals surface area contributed by atoms with E-state index in [9.17, 15) is 23.7 Å². The number of carbonyl (C=O) groups is 1. The first-order chi connectivity index (χ1) is 14.9. The van der Waals surface area contributed by atoms with Crippen LogP contribution in [0.2, 0.25) is 0 Å². The molecule has 0 spiro atoms. The number of halogens is 2. The number of carbonyl (C=O) groups excluding carboxylic acids is 1. The summed E-state index contributed by atoms with van der Waals surface area (Å²) in [6.45, 7) is -0.0640. The lowest BCUT2D eigenvalue weighted by Gasteiger charge is -2.12. The van der Waals surface area contributed by atoms with E-state index in [1.165, 1.54) is 43.5 Å². The number of hydrogen-bond acceptors (Lipinski definition) is 5. The molecule has 0 aromatic heterocycles. The fraction of sp³-hybridized carbons (Fsp3) is 0.0870. The summed E-state index contributed by atoms with van der Waals surface area (Å²) >= 11 is 0. The van der Waals surface area contributed by atoms with Crippen molar-refractivity contribution >= 4 is 17.5 Å². The van der Waals surface area contributed by atoms with Crippen molar-refractivity contribution < 1.29 is 28.0 Å². The Morgan fingerprint density at radius 1 is 1.06 bits per heavy atom. The maximum absolute atomic E-state index is 13.8. The summed E-state index contributed by atoms with van der Waals surface area (Å²) in [5, 5.41) is 11.1. The van der Waals surface area contributed by atoms with Gasteiger partial charge in [0, 0.05) is 17.7 Å². The third kappa shape index (κ3) is 5.30. The molecule has 0 saturated carbocycles. The minimum Gasteiger partial charge on any atom is -0.496 e. The molecule has 3 aromatic rings. The Morgan fingerprint density at radius 2 is 1.81 bits per heavy atom. The first-order valence-corrected chi connectivity index (χ1v) is 9.09. The van der Waals surface area contributed by atoms with Crippen LogP contribution in [0.1, 0.15) is 21.5 Å². The molecule has 0 bridgehead atoms. The van der Waals surface area contributed by atoms with Gasteiger partial charge in [-0.2, -0.15) is 0 Å². The van der Waals surface area contributed by atoms with Crippen LogP contribution in [0.5, 0.6) is 11.5 Å². The average Bonchev–Trinajstić information content (AvgIpc) is 2.76. The van der Waals surface area contributed by atoms with Crippen molar-refractivity contribution in [2.75, 3.05) is 7.11 Å². The summed E-state index contributed by atoms with van der Waals surface area (Å²) in [6.07, 6.45) is 2.73. The number of rotatable bonds is 8. The number of methoxy groups -OCH3 is 1. The molecular weight excluding hydrogens is 408 g/mol. The molecule has 3 aromatic carbocycles. The van der Waals surface area contributed by atoms with Gasteiger partial charge in [-0.3, -0.25) is 14.9 Å². The average molecular weight is 425 g/mol. The second-order valence-electron chi connectivity index (χ2n) is 6.41. The third-order valence-corrected chi connectivity index (χ3v) is 4.37. The van der Waals surface area contributed by atoms with Crippen molar-refractivity contribution in [1.82, 2.24) is 0 Å². The predicted octanol–water partition coefficient (Wildman–Crippen LogP) is 5.36. The van der Waals surface area contributed by atoms with Gasteiger partial charge in [0.2, 0.25) is 0 Å². The van der Waals surface area contributed by atoms with Crippen molar-refractivity contribution in [2.45, 2.75) is 6.61 Å². The molecular formula is C23H17F2NO5. The fourth-order valence-corrected chi connectivity index (χ4v) is 2.87. The molecule has 0 saturated heterocycles. The number of hydrogen-bond donors (Lipinski definition) is 0. The first kappa shape index (κ1) is 21.6. The third-order valence-electron chi connectivity index (χ3n) is 4.37. The fourth-order valence-electron chi connectivity index (χ4n) is 2.87. The molecule has 0 aliphatic rings. The van der Waals surface area contributed by atoms with Gasteiger partial charge < -0.3 is 9.47 Å². The Hall–Kier alpha value is -4.07. The van der Waals surface area contributed by atoms with E-state index >= 15 is 0 Å². The molecule has 31 heavy (non-hydrogen) atoms. The van der Waals surface area contributed by atoms with Crippen LogP contribution in [-0.2, 0) is 6.61 Å². The lowest BCUT2D eigenvalue weighted by molar-refractivity contribution is -0.385. The molecule has 0 amide bonds. The summed E-state index contributed by atoms with van der Waals surface area (Å²) in [5.74, 6) is -1.70. The van der Waals surface area contributed by atoms with E-state index in [4.69, 9.17) is 9.47 Å². The molecule has 0 fully saturated rings. The standard InChI is InChI=1S/C23H17F2NO5/c1-30-22-10-7-15(6-9-21(27)18-4-2-3-5-20(18)26(28)29)12-16(22)14-31-23-11-8-17(24)13-19(23)25/h2-13H,14H2,1H3/b9-6+. The van der Waals surface area contributed by atoms with Crippen molar-refractivity contribution in [3.05, 3.63) is 105 Å². The van der Waals surface area contributed by atoms with Gasteiger partial charge >= 0.3 is 0 Å². The highest BCUT2D eigenvalue weighted by Gasteiger charge is 2.17. The van der Waals surface area contributed by atoms with Crippen LogP contribution in [-0.4, -0.2) is 17.8 Å². The highest BCUT2D eigenvalue weighted by Crippen LogP contribution is 2.25. The summed E-state index contributed by atoms with van der Waals surface area (Å²) in [6, 6.07) is 13.7. The van der Waals surface area contributed by atoms with Gasteiger partial charge in [0.05, 0.1) is 17.6 Å². The largest absolute Gasteiger partial charge is 0.496 e. The van der Waals surface area contributed by atoms with Crippen molar-refractivity contribution in [2.24, 2.45) is 0 Å². The lowest BCUT2D eigenvalue weighted by Crippen LogP contribution is -2.01. The van der Waals surface area contributed by atoms with Gasteiger partial charge in [0.25, 0.3) is 5.69 Å². The van der Waals surface area contributed by atoms with Gasteiger partial charge in [0.1, 0.15) is 18.2 Å². The number of benzene rings is 3. The predicted molar refractivity (Wildman–Crippen MR) is 110 cm³/mol. The van der Waals surface area contributed by atoms with E-state index in [0.717, 1.165) is 12.1 Å². The monoisotopic (exact) mass is 425 g/mol. The summed E-state index contributed by atoms with van der Waals surface area (Å²) in [5.41, 5.74) is 0.868. The number of nitrogens with zero attached hydrogens (tertiary/aromatic N) is 1. The number of ether oxygens (including phenoxy) is 2. The number of ketones is 1. The normalized spacial score (nSPS) is 10.8. The molecule has 158 valence electrons. The molecule has 8 heteroatoms. The van der Waals surface area contributed by atoms with Gasteiger partial charge in [-0.1, -0.05) is 24.3 Å². The molecule has 0 N–H and O–H groups in total. The van der Waals surface area contributed by atoms with Gasteiger partial charge in [-0.25, -0.2) is 8.78 Å². The Balaban J connectivity index is 1.80. The highest BCUT2D eigenvalue weighted by molar-refractivity contribution is 6.09. The number of nitro groups is 1. The smallest absolute Gasteiger partial charge is 0.280 e. The number of nitro benzene ring substituents is 1. The van der Waals surface area contributed by atoms with Crippen molar-refractivity contribution in [1.29, 1.82) is 0 Å². The topological polar surface area (TPSA) is 78.7 Å². The number of para-hydroxylation sites is 1. The molecule has 3 rings (SSSR count). The Morgan fingerprint density at radius 3 is 2.52 bits per heavy atom. The minimum absolute atomic E-state index is 0.0207. The quantitative estimate of drug-likeness (QED) is 0.210. The molecule has 0 aliphatic carbocycles. The molecule has 0 atom stereocenters.